The number of unbranched alkanes of at least 4 members (excludes halogenated alkanes) is 4. The molecule has 1 fully saturated rings. The van der Waals surface area contributed by atoms with Crippen molar-refractivity contribution in [2.24, 2.45) is 0 Å². The van der Waals surface area contributed by atoms with Crippen LogP contribution in [0.3, 0.4) is 0 Å². The van der Waals surface area contributed by atoms with E-state index in [0.29, 0.717) is 39.3 Å². The van der Waals surface area contributed by atoms with Gasteiger partial charge in [0.1, 0.15) is 24.1 Å². The molecule has 2 aliphatic heterocycles. The number of rotatable bonds is 18. The second-order valence-electron chi connectivity index (χ2n) is 10.2. The van der Waals surface area contributed by atoms with E-state index in [9.17, 15) is 9.18 Å². The maximum atomic E-state index is 14.6. The van der Waals surface area contributed by atoms with Gasteiger partial charge in [-0.2, -0.15) is 0 Å². The maximum Gasteiger partial charge on any atom is 0.169 e. The summed E-state index contributed by atoms with van der Waals surface area (Å²) >= 11 is 1.63. The molecule has 3 rings (SSSR count). The lowest BCUT2D eigenvalue weighted by atomic mass is 9.91. The minimum atomic E-state index is -0.950. The summed E-state index contributed by atoms with van der Waals surface area (Å²) in [6.07, 6.45) is 7.32. The number of thioether (sulfide) groups is 1. The number of hydrogen-bond donors (Lipinski definition) is 0. The third kappa shape index (κ3) is 7.58. The van der Waals surface area contributed by atoms with Crippen LogP contribution in [0.25, 0.3) is 0 Å². The molecule has 0 bridgehead atoms. The Balaban J connectivity index is 2.05. The molecule has 0 N–H and O–H groups in total. The number of ether oxygens (including phenoxy) is 5. The van der Waals surface area contributed by atoms with Crippen LogP contribution in [-0.4, -0.2) is 62.9 Å². The Kier molecular flexibility index (Phi) is 13.5. The van der Waals surface area contributed by atoms with Crippen LogP contribution in [0.15, 0.2) is 12.1 Å². The van der Waals surface area contributed by atoms with Gasteiger partial charge in [0.05, 0.1) is 24.0 Å². The largest absolute Gasteiger partial charge is 0.380 e. The molecule has 0 radical (unpaired) electrons. The lowest BCUT2D eigenvalue weighted by molar-refractivity contribution is -0.199. The minimum absolute atomic E-state index is 0.0297. The van der Waals surface area contributed by atoms with Crippen LogP contribution in [0.5, 0.6) is 0 Å². The molecular weight excluding hydrogens is 507 g/mol. The quantitative estimate of drug-likeness (QED) is 0.146. The molecule has 1 saturated heterocycles. The van der Waals surface area contributed by atoms with Gasteiger partial charge in [-0.25, -0.2) is 4.39 Å². The summed E-state index contributed by atoms with van der Waals surface area (Å²) in [5, 5.41) is -0.0861. The number of carbonyl (C=O) groups is 1. The molecule has 1 spiro atoms. The highest BCUT2D eigenvalue weighted by atomic mass is 32.2. The fraction of sp³-hybridized carbons (Fsp3) is 0.767. The molecule has 0 saturated carbocycles. The van der Waals surface area contributed by atoms with E-state index in [0.717, 1.165) is 62.5 Å². The molecule has 6 nitrogen and oxygen atoms in total. The summed E-state index contributed by atoms with van der Waals surface area (Å²) < 4.78 is 47.1. The molecule has 0 amide bonds. The van der Waals surface area contributed by atoms with Crippen molar-refractivity contribution < 1.29 is 32.9 Å². The summed E-state index contributed by atoms with van der Waals surface area (Å²) in [6.45, 7) is 11.8. The van der Waals surface area contributed by atoms with Gasteiger partial charge in [-0.15, -0.1) is 11.8 Å². The Morgan fingerprint density at radius 2 is 1.53 bits per heavy atom. The standard InChI is InChI=1S/C30H47FO6S/c1-5-9-13-33-21-26-27(34-14-10-6-2)28(35-15-11-7-3)29(36-16-12-8-4)30(38-26)24-17-22(19-32)25(31)18-23(24)20-37-30/h17-19,26-29H,5-16,20-21H2,1-4H3/t26-,27-,28+,29-,30+/m1/s1. The molecule has 1 aromatic carbocycles. The second-order valence-corrected chi connectivity index (χ2v) is 11.7. The number of benzene rings is 1. The Labute approximate surface area is 232 Å². The van der Waals surface area contributed by atoms with Crippen molar-refractivity contribution >= 4 is 18.0 Å². The van der Waals surface area contributed by atoms with Crippen LogP contribution in [-0.2, 0) is 35.2 Å². The predicted molar refractivity (Wildman–Crippen MR) is 149 cm³/mol. The van der Waals surface area contributed by atoms with Gasteiger partial charge in [0, 0.05) is 32.0 Å². The van der Waals surface area contributed by atoms with Crippen molar-refractivity contribution in [3.8, 4) is 0 Å². The van der Waals surface area contributed by atoms with E-state index in [1.807, 2.05) is 0 Å². The Bertz CT molecular complexity index is 854. The first-order valence-corrected chi connectivity index (χ1v) is 15.5. The fourth-order valence-corrected chi connectivity index (χ4v) is 6.73. The van der Waals surface area contributed by atoms with Crippen LogP contribution in [0, 0.1) is 5.82 Å². The highest BCUT2D eigenvalue weighted by Crippen LogP contribution is 2.56. The highest BCUT2D eigenvalue weighted by molar-refractivity contribution is 8.00. The van der Waals surface area contributed by atoms with Gasteiger partial charge in [0.25, 0.3) is 0 Å². The number of hydrogen-bond acceptors (Lipinski definition) is 7. The zero-order valence-corrected chi connectivity index (χ0v) is 24.5. The Morgan fingerprint density at radius 1 is 0.921 bits per heavy atom. The predicted octanol–water partition coefficient (Wildman–Crippen LogP) is 6.81. The number of aldehydes is 1. The minimum Gasteiger partial charge on any atom is -0.380 e. The van der Waals surface area contributed by atoms with E-state index in [1.165, 1.54) is 6.07 Å². The smallest absolute Gasteiger partial charge is 0.169 e. The number of carbonyl (C=O) groups excluding carboxylic acids is 1. The molecule has 0 unspecified atom stereocenters. The van der Waals surface area contributed by atoms with Crippen molar-refractivity contribution in [1.29, 1.82) is 0 Å². The van der Waals surface area contributed by atoms with Crippen molar-refractivity contribution in [2.75, 3.05) is 33.0 Å². The highest BCUT2D eigenvalue weighted by Gasteiger charge is 2.60. The third-order valence-corrected chi connectivity index (χ3v) is 8.82. The van der Waals surface area contributed by atoms with Crippen LogP contribution in [0.4, 0.5) is 4.39 Å². The average Bonchev–Trinajstić information content (AvgIpc) is 3.26. The summed E-state index contributed by atoms with van der Waals surface area (Å²) in [5.74, 6) is -0.528. The van der Waals surface area contributed by atoms with Crippen LogP contribution < -0.4 is 0 Å². The van der Waals surface area contributed by atoms with Crippen LogP contribution >= 0.6 is 11.8 Å². The molecule has 216 valence electrons. The summed E-state index contributed by atoms with van der Waals surface area (Å²) in [6, 6.07) is 3.07. The molecule has 5 atom stereocenters. The fourth-order valence-electron chi connectivity index (χ4n) is 4.97. The first kappa shape index (κ1) is 31.5. The third-order valence-electron chi connectivity index (χ3n) is 7.19. The van der Waals surface area contributed by atoms with Gasteiger partial charge in [0.15, 0.2) is 11.2 Å². The van der Waals surface area contributed by atoms with Gasteiger partial charge >= 0.3 is 0 Å². The molecule has 1 aromatic rings. The summed E-state index contributed by atoms with van der Waals surface area (Å²) in [4.78, 5) is 10.8. The number of fused-ring (bicyclic) bond motifs is 2. The second kappa shape index (κ2) is 16.3. The van der Waals surface area contributed by atoms with Crippen LogP contribution in [0.1, 0.15) is 101 Å². The van der Waals surface area contributed by atoms with E-state index in [-0.39, 0.29) is 23.5 Å². The Morgan fingerprint density at radius 3 is 2.16 bits per heavy atom. The average molecular weight is 555 g/mol. The summed E-state index contributed by atoms with van der Waals surface area (Å²) in [7, 11) is 0. The SMILES string of the molecule is CCCCOC[C@H]1S[C@]2(OCc3cc(F)c(C=O)cc32)[C@H](OCCCC)[C@@H](OCCCC)[C@@H]1OCCCC. The zero-order chi connectivity index (χ0) is 27.4. The first-order chi connectivity index (χ1) is 18.6. The topological polar surface area (TPSA) is 63.2 Å². The molecule has 2 heterocycles. The normalized spacial score (nSPS) is 26.7. The zero-order valence-electron chi connectivity index (χ0n) is 23.7. The lowest BCUT2D eigenvalue weighted by Crippen LogP contribution is -2.61. The van der Waals surface area contributed by atoms with E-state index in [4.69, 9.17) is 23.7 Å². The van der Waals surface area contributed by atoms with Crippen molar-refractivity contribution in [3.05, 3.63) is 34.6 Å². The first-order valence-electron chi connectivity index (χ1n) is 14.6. The molecule has 0 aliphatic carbocycles. The molecule has 0 aromatic heterocycles. The van der Waals surface area contributed by atoms with Crippen molar-refractivity contribution in [2.45, 2.75) is 114 Å². The van der Waals surface area contributed by atoms with Gasteiger partial charge in [0.2, 0.25) is 0 Å². The lowest BCUT2D eigenvalue weighted by Gasteiger charge is -2.51. The molecule has 8 heteroatoms. The van der Waals surface area contributed by atoms with E-state index < -0.39 is 23.0 Å². The van der Waals surface area contributed by atoms with Crippen LogP contribution in [0.2, 0.25) is 0 Å². The van der Waals surface area contributed by atoms with Gasteiger partial charge in [-0.1, -0.05) is 53.4 Å². The van der Waals surface area contributed by atoms with E-state index in [2.05, 4.69) is 27.7 Å². The van der Waals surface area contributed by atoms with Gasteiger partial charge in [-0.05, 0) is 43.4 Å². The molecule has 2 aliphatic rings. The number of halogens is 1. The molecular formula is C30H47FO6S. The van der Waals surface area contributed by atoms with E-state index >= 15 is 0 Å². The molecule has 38 heavy (non-hydrogen) atoms. The van der Waals surface area contributed by atoms with E-state index in [1.54, 1.807) is 17.8 Å². The summed E-state index contributed by atoms with van der Waals surface area (Å²) in [5.41, 5.74) is 1.57. The maximum absolute atomic E-state index is 14.6. The van der Waals surface area contributed by atoms with Crippen molar-refractivity contribution in [3.63, 3.8) is 0 Å². The van der Waals surface area contributed by atoms with Crippen molar-refractivity contribution in [1.82, 2.24) is 0 Å². The van der Waals surface area contributed by atoms with Gasteiger partial charge in [-0.3, -0.25) is 4.79 Å². The van der Waals surface area contributed by atoms with Gasteiger partial charge < -0.3 is 23.7 Å². The Hall–Kier alpha value is -1.03. The monoisotopic (exact) mass is 554 g/mol.